The van der Waals surface area contributed by atoms with Gasteiger partial charge in [-0.1, -0.05) is 0 Å². The molecular weight excluding hydrogens is 160 g/mol. The summed E-state index contributed by atoms with van der Waals surface area (Å²) < 4.78 is 4.77. The fraction of sp³-hybridized carbons (Fsp3) is 0.625. The Kier molecular flexibility index (Phi) is 6.19. The van der Waals surface area contributed by atoms with Crippen LogP contribution in [0.25, 0.3) is 0 Å². The molecular formula is C8H11O4. The van der Waals surface area contributed by atoms with Gasteiger partial charge in [0.15, 0.2) is 5.78 Å². The van der Waals surface area contributed by atoms with E-state index < -0.39 is 0 Å². The molecule has 0 amide bonds. The zero-order chi connectivity index (χ0) is 9.40. The summed E-state index contributed by atoms with van der Waals surface area (Å²) >= 11 is 0. The molecule has 1 radical (unpaired) electrons. The first-order valence-corrected chi connectivity index (χ1v) is 3.62. The van der Waals surface area contributed by atoms with Crippen molar-refractivity contribution in [2.24, 2.45) is 0 Å². The molecule has 0 aromatic rings. The van der Waals surface area contributed by atoms with Gasteiger partial charge in [-0.3, -0.25) is 4.79 Å². The second-order valence-electron chi connectivity index (χ2n) is 2.32. The van der Waals surface area contributed by atoms with E-state index in [9.17, 15) is 14.7 Å². The van der Waals surface area contributed by atoms with Crippen molar-refractivity contribution in [3.05, 3.63) is 6.08 Å². The van der Waals surface area contributed by atoms with Crippen molar-refractivity contribution in [1.82, 2.24) is 0 Å². The van der Waals surface area contributed by atoms with Crippen molar-refractivity contribution in [2.45, 2.75) is 19.4 Å². The van der Waals surface area contributed by atoms with Gasteiger partial charge < -0.3 is 4.74 Å². The van der Waals surface area contributed by atoms with Crippen molar-refractivity contribution < 1.29 is 19.4 Å². The van der Waals surface area contributed by atoms with Crippen LogP contribution in [0.15, 0.2) is 6.08 Å². The summed E-state index contributed by atoms with van der Waals surface area (Å²) in [4.78, 5) is 18.9. The average molecular weight is 171 g/mol. The SMILES string of the molecule is CC(=O)C=C=O.[O]CC1CCO1. The summed E-state index contributed by atoms with van der Waals surface area (Å²) in [7, 11) is 0. The lowest BCUT2D eigenvalue weighted by atomic mass is 10.2. The third kappa shape index (κ3) is 5.80. The highest BCUT2D eigenvalue weighted by Crippen LogP contribution is 2.08. The van der Waals surface area contributed by atoms with E-state index in [1.165, 1.54) is 12.9 Å². The van der Waals surface area contributed by atoms with E-state index >= 15 is 0 Å². The van der Waals surface area contributed by atoms with Crippen LogP contribution in [0.3, 0.4) is 0 Å². The number of hydrogen-bond acceptors (Lipinski definition) is 3. The Hall–Kier alpha value is -0.960. The number of hydrogen-bond donors (Lipinski definition) is 0. The fourth-order valence-electron chi connectivity index (χ4n) is 0.499. The standard InChI is InChI=1S/C4H7O2.C4H4O2/c5-3-4-1-2-6-4;1-4(6)2-3-5/h4H,1-3H2;2H,1H3. The molecule has 4 heteroatoms. The van der Waals surface area contributed by atoms with Gasteiger partial charge in [-0.15, -0.1) is 0 Å². The molecule has 0 saturated carbocycles. The molecule has 1 aliphatic heterocycles. The normalized spacial score (nSPS) is 19.3. The smallest absolute Gasteiger partial charge is 0.163 e. The van der Waals surface area contributed by atoms with E-state index in [2.05, 4.69) is 0 Å². The highest BCUT2D eigenvalue weighted by atomic mass is 16.5. The van der Waals surface area contributed by atoms with Crippen LogP contribution in [0.5, 0.6) is 0 Å². The molecule has 1 heterocycles. The zero-order valence-electron chi connectivity index (χ0n) is 6.91. The quantitative estimate of drug-likeness (QED) is 0.439. The van der Waals surface area contributed by atoms with Gasteiger partial charge in [0.1, 0.15) is 12.5 Å². The minimum absolute atomic E-state index is 0.0556. The lowest BCUT2D eigenvalue weighted by Crippen LogP contribution is -2.29. The summed E-state index contributed by atoms with van der Waals surface area (Å²) in [6.07, 6.45) is 1.88. The third-order valence-electron chi connectivity index (χ3n) is 1.24. The predicted octanol–water partition coefficient (Wildman–Crippen LogP) is 0.169. The van der Waals surface area contributed by atoms with Gasteiger partial charge in [0.05, 0.1) is 12.2 Å². The Morgan fingerprint density at radius 3 is 2.33 bits per heavy atom. The molecule has 0 bridgehead atoms. The van der Waals surface area contributed by atoms with E-state index in [1.54, 1.807) is 0 Å². The van der Waals surface area contributed by atoms with Crippen LogP contribution in [0.1, 0.15) is 13.3 Å². The highest BCUT2D eigenvalue weighted by Gasteiger charge is 2.16. The molecule has 0 spiro atoms. The molecule has 0 aromatic heterocycles. The molecule has 0 aromatic carbocycles. The first kappa shape index (κ1) is 11.0. The number of ketones is 1. The molecule has 0 N–H and O–H groups in total. The Balaban J connectivity index is 0.000000202. The van der Waals surface area contributed by atoms with Crippen molar-refractivity contribution in [3.8, 4) is 0 Å². The number of allylic oxidation sites excluding steroid dienone is 1. The molecule has 1 rings (SSSR count). The Morgan fingerprint density at radius 1 is 1.75 bits per heavy atom. The zero-order valence-corrected chi connectivity index (χ0v) is 6.91. The predicted molar refractivity (Wildman–Crippen MR) is 40.9 cm³/mol. The molecule has 1 unspecified atom stereocenters. The number of carbonyl (C=O) groups is 1. The van der Waals surface area contributed by atoms with Crippen molar-refractivity contribution >= 4 is 11.7 Å². The van der Waals surface area contributed by atoms with Gasteiger partial charge in [0, 0.05) is 6.61 Å². The molecule has 0 aliphatic carbocycles. The minimum Gasteiger partial charge on any atom is -0.376 e. The van der Waals surface area contributed by atoms with Crippen LogP contribution in [-0.2, 0) is 19.4 Å². The van der Waals surface area contributed by atoms with E-state index in [0.717, 1.165) is 19.1 Å². The first-order valence-electron chi connectivity index (χ1n) is 3.62. The summed E-state index contributed by atoms with van der Waals surface area (Å²) in [6.45, 7) is 2.04. The van der Waals surface area contributed by atoms with E-state index in [-0.39, 0.29) is 18.5 Å². The lowest BCUT2D eigenvalue weighted by Gasteiger charge is -2.22. The molecule has 12 heavy (non-hydrogen) atoms. The van der Waals surface area contributed by atoms with Crippen molar-refractivity contribution in [1.29, 1.82) is 0 Å². The second kappa shape index (κ2) is 6.73. The van der Waals surface area contributed by atoms with Gasteiger partial charge in [0.2, 0.25) is 0 Å². The van der Waals surface area contributed by atoms with Crippen LogP contribution in [0.4, 0.5) is 0 Å². The maximum Gasteiger partial charge on any atom is 0.163 e. The topological polar surface area (TPSA) is 63.3 Å². The van der Waals surface area contributed by atoms with Gasteiger partial charge in [-0.25, -0.2) is 9.90 Å². The van der Waals surface area contributed by atoms with Crippen LogP contribution in [0.2, 0.25) is 0 Å². The summed E-state index contributed by atoms with van der Waals surface area (Å²) in [5, 5.41) is 9.79. The largest absolute Gasteiger partial charge is 0.376 e. The van der Waals surface area contributed by atoms with Crippen molar-refractivity contribution in [3.63, 3.8) is 0 Å². The van der Waals surface area contributed by atoms with Gasteiger partial charge in [0.25, 0.3) is 0 Å². The Bertz CT molecular complexity index is 175. The number of ether oxygens (including phenoxy) is 1. The van der Waals surface area contributed by atoms with Crippen LogP contribution in [-0.4, -0.2) is 31.0 Å². The number of carbonyl (C=O) groups excluding carboxylic acids is 2. The van der Waals surface area contributed by atoms with Gasteiger partial charge in [-0.05, 0) is 13.3 Å². The first-order chi connectivity index (χ1) is 5.70. The summed E-state index contributed by atoms with van der Waals surface area (Å²) in [5.41, 5.74) is 0. The fourth-order valence-corrected chi connectivity index (χ4v) is 0.499. The Morgan fingerprint density at radius 2 is 2.33 bits per heavy atom. The highest BCUT2D eigenvalue weighted by molar-refractivity contribution is 5.93. The van der Waals surface area contributed by atoms with E-state index in [0.29, 0.717) is 0 Å². The second-order valence-corrected chi connectivity index (χ2v) is 2.32. The van der Waals surface area contributed by atoms with Crippen LogP contribution in [0, 0.1) is 0 Å². The number of rotatable bonds is 2. The van der Waals surface area contributed by atoms with E-state index in [1.807, 2.05) is 0 Å². The van der Waals surface area contributed by atoms with Crippen LogP contribution < -0.4 is 0 Å². The lowest BCUT2D eigenvalue weighted by molar-refractivity contribution is -0.112. The monoisotopic (exact) mass is 171 g/mol. The van der Waals surface area contributed by atoms with Crippen molar-refractivity contribution in [2.75, 3.05) is 13.2 Å². The van der Waals surface area contributed by atoms with Gasteiger partial charge in [-0.2, -0.15) is 0 Å². The summed E-state index contributed by atoms with van der Waals surface area (Å²) in [5.74, 6) is 1.08. The Labute approximate surface area is 70.8 Å². The molecule has 1 fully saturated rings. The third-order valence-corrected chi connectivity index (χ3v) is 1.24. The molecule has 4 nitrogen and oxygen atoms in total. The summed E-state index contributed by atoms with van der Waals surface area (Å²) in [6, 6.07) is 0. The van der Waals surface area contributed by atoms with E-state index in [4.69, 9.17) is 4.74 Å². The molecule has 1 atom stereocenters. The molecule has 1 aliphatic rings. The maximum atomic E-state index is 9.79. The van der Waals surface area contributed by atoms with Gasteiger partial charge >= 0.3 is 0 Å². The molecule has 67 valence electrons. The van der Waals surface area contributed by atoms with Crippen LogP contribution >= 0.6 is 0 Å². The maximum absolute atomic E-state index is 9.79. The minimum atomic E-state index is -0.259. The average Bonchev–Trinajstić information content (AvgIpc) is 1.85. The molecule has 1 saturated heterocycles.